The molecule has 0 spiro atoms. The van der Waals surface area contributed by atoms with Crippen LogP contribution in [0.2, 0.25) is 0 Å². The number of hydrogen-bond acceptors (Lipinski definition) is 9. The van der Waals surface area contributed by atoms with Gasteiger partial charge in [-0.1, -0.05) is 47.0 Å². The number of hydrogen-bond donors (Lipinski definition) is 0. The van der Waals surface area contributed by atoms with E-state index in [9.17, 15) is 10.4 Å². The van der Waals surface area contributed by atoms with E-state index in [4.69, 9.17) is 0 Å². The number of thioether (sulfide) groups is 6. The molecule has 4 heterocycles. The Morgan fingerprint density at radius 1 is 0.862 bits per heavy atom. The van der Waals surface area contributed by atoms with Gasteiger partial charge in [-0.05, 0) is 45.9 Å². The number of amidine groups is 1. The molecule has 0 aliphatic carbocycles. The molecule has 0 saturated heterocycles. The normalized spacial score (nSPS) is 25.2. The largest absolute Gasteiger partial charge is 0.715 e. The molecule has 0 saturated carbocycles. The summed E-state index contributed by atoms with van der Waals surface area (Å²) in [6.45, 7) is 7.32. The smallest absolute Gasteiger partial charge is 0.279 e. The Kier molecular flexibility index (Phi) is 5.25. The van der Waals surface area contributed by atoms with Crippen LogP contribution < -0.4 is 0 Å². The summed E-state index contributed by atoms with van der Waals surface area (Å²) in [6, 6.07) is 5.96. The number of fused-ring (bicyclic) bond motifs is 1. The van der Waals surface area contributed by atoms with E-state index < -0.39 is 11.1 Å². The Morgan fingerprint density at radius 3 is 2.03 bits per heavy atom. The fourth-order valence-electron chi connectivity index (χ4n) is 3.26. The second-order valence-corrected chi connectivity index (χ2v) is 15.3. The van der Waals surface area contributed by atoms with E-state index in [0.29, 0.717) is 5.56 Å². The molecule has 29 heavy (non-hydrogen) atoms. The van der Waals surface area contributed by atoms with Crippen LogP contribution in [-0.2, 0) is 0 Å². The van der Waals surface area contributed by atoms with Gasteiger partial charge in [0, 0.05) is 21.3 Å². The van der Waals surface area contributed by atoms with Gasteiger partial charge in [0.2, 0.25) is 0 Å². The van der Waals surface area contributed by atoms with Crippen LogP contribution in [0, 0.1) is 10.4 Å². The third-order valence-corrected chi connectivity index (χ3v) is 14.6. The maximum Gasteiger partial charge on any atom is 0.279 e. The van der Waals surface area contributed by atoms with E-state index in [1.54, 1.807) is 23.5 Å². The molecule has 5 rings (SSSR count). The Hall–Kier alpha value is 0.0300. The highest BCUT2D eigenvalue weighted by Gasteiger charge is 2.54. The molecule has 10 heteroatoms. The minimum atomic E-state index is -0.796. The maximum atomic E-state index is 13.0. The molecule has 0 bridgehead atoms. The zero-order chi connectivity index (χ0) is 20.6. The summed E-state index contributed by atoms with van der Waals surface area (Å²) in [5.41, 5.74) is -0.896. The van der Waals surface area contributed by atoms with Crippen molar-refractivity contribution in [3.8, 4) is 0 Å². The van der Waals surface area contributed by atoms with Crippen molar-refractivity contribution in [2.75, 3.05) is 11.5 Å². The first-order valence-corrected chi connectivity index (χ1v) is 14.4. The van der Waals surface area contributed by atoms with Gasteiger partial charge in [0.25, 0.3) is 5.84 Å². The second kappa shape index (κ2) is 7.28. The van der Waals surface area contributed by atoms with Crippen molar-refractivity contribution < 1.29 is 4.74 Å². The van der Waals surface area contributed by atoms with Gasteiger partial charge in [-0.15, -0.1) is 23.5 Å². The molecule has 0 amide bonds. The average Bonchev–Trinajstić information content (AvgIpc) is 3.33. The van der Waals surface area contributed by atoms with E-state index in [1.165, 1.54) is 33.3 Å². The Bertz CT molecular complexity index is 994. The Morgan fingerprint density at radius 2 is 1.45 bits per heavy atom. The highest BCUT2D eigenvalue weighted by molar-refractivity contribution is 8.42. The van der Waals surface area contributed by atoms with Gasteiger partial charge >= 0.3 is 0 Å². The molecule has 154 valence electrons. The molecule has 4 nitrogen and oxygen atoms in total. The van der Waals surface area contributed by atoms with Gasteiger partial charge in [0.15, 0.2) is 0 Å². The third-order valence-electron chi connectivity index (χ3n) is 5.76. The SMILES string of the molecule is CC1(C)N([O-])C(c2ccc3c(c2)SC(=C2SC4=C(SCCS4)S2)S3)=[N+]([O-])C1(C)C. The minimum Gasteiger partial charge on any atom is -0.715 e. The summed E-state index contributed by atoms with van der Waals surface area (Å²) in [5.74, 6) is 2.59. The van der Waals surface area contributed by atoms with Crippen molar-refractivity contribution in [3.63, 3.8) is 0 Å². The fraction of sp³-hybridized carbons (Fsp3) is 0.421. The van der Waals surface area contributed by atoms with E-state index in [0.717, 1.165) is 14.7 Å². The van der Waals surface area contributed by atoms with E-state index in [-0.39, 0.29) is 5.84 Å². The second-order valence-electron chi connectivity index (χ2n) is 7.95. The van der Waals surface area contributed by atoms with Crippen molar-refractivity contribution in [3.05, 3.63) is 51.1 Å². The number of nitrogens with zero attached hydrogens (tertiary/aromatic N) is 2. The van der Waals surface area contributed by atoms with Crippen LogP contribution >= 0.6 is 70.6 Å². The Labute approximate surface area is 196 Å². The molecule has 0 radical (unpaired) electrons. The molecule has 4 aliphatic heterocycles. The molecule has 0 N–H and O–H groups in total. The fourth-order valence-corrected chi connectivity index (χ4v) is 12.0. The van der Waals surface area contributed by atoms with Crippen LogP contribution in [0.3, 0.4) is 0 Å². The molecule has 1 aromatic carbocycles. The number of hydroxylamine groups is 3. The van der Waals surface area contributed by atoms with Crippen molar-refractivity contribution in [1.29, 1.82) is 0 Å². The van der Waals surface area contributed by atoms with Gasteiger partial charge in [0.05, 0.1) is 22.5 Å². The molecule has 0 aromatic heterocycles. The lowest BCUT2D eigenvalue weighted by atomic mass is 9.84. The molecule has 0 fully saturated rings. The van der Waals surface area contributed by atoms with E-state index in [2.05, 4.69) is 0 Å². The van der Waals surface area contributed by atoms with Crippen molar-refractivity contribution in [2.24, 2.45) is 0 Å². The quantitative estimate of drug-likeness (QED) is 0.309. The van der Waals surface area contributed by atoms with Crippen molar-refractivity contribution >= 4 is 76.4 Å². The maximum absolute atomic E-state index is 13.0. The Balaban J connectivity index is 1.45. The van der Waals surface area contributed by atoms with Crippen LogP contribution in [-0.4, -0.2) is 38.2 Å². The first kappa shape index (κ1) is 20.9. The first-order valence-electron chi connectivity index (χ1n) is 9.12. The van der Waals surface area contributed by atoms with Crippen LogP contribution in [0.4, 0.5) is 0 Å². The van der Waals surface area contributed by atoms with Crippen LogP contribution in [0.5, 0.6) is 0 Å². The average molecular weight is 500 g/mol. The number of rotatable bonds is 1. The lowest BCUT2D eigenvalue weighted by molar-refractivity contribution is -0.539. The van der Waals surface area contributed by atoms with Crippen LogP contribution in [0.25, 0.3) is 0 Å². The summed E-state index contributed by atoms with van der Waals surface area (Å²) in [4.78, 5) is 2.32. The third kappa shape index (κ3) is 3.20. The zero-order valence-corrected chi connectivity index (χ0v) is 21.2. The topological polar surface area (TPSA) is 52.4 Å². The van der Waals surface area contributed by atoms with Crippen LogP contribution in [0.15, 0.2) is 44.9 Å². The molecule has 4 aliphatic rings. The van der Waals surface area contributed by atoms with Crippen LogP contribution in [0.1, 0.15) is 33.3 Å². The summed E-state index contributed by atoms with van der Waals surface area (Å²) in [6.07, 6.45) is 0. The molecule has 1 aromatic rings. The number of benzene rings is 1. The lowest BCUT2D eigenvalue weighted by Crippen LogP contribution is -2.52. The minimum absolute atomic E-state index is 0.212. The summed E-state index contributed by atoms with van der Waals surface area (Å²) < 4.78 is 6.44. The molecular weight excluding hydrogens is 481 g/mol. The molecular formula is C19H19N2O2S6-. The predicted octanol–water partition coefficient (Wildman–Crippen LogP) is 6.73. The molecule has 0 atom stereocenters. The van der Waals surface area contributed by atoms with Gasteiger partial charge < -0.3 is 10.4 Å². The van der Waals surface area contributed by atoms with Gasteiger partial charge in [-0.25, -0.2) is 0 Å². The standard InChI is InChI=1S/C19H19N2O2S6/c1-18(2)19(3,4)21(23)13(20(18)22)10-5-6-11-12(9-10)27-16(26-11)17-28-14-15(29-17)25-8-7-24-14/h5-6,9H,7-8H2,1-4H3/q-1. The predicted molar refractivity (Wildman–Crippen MR) is 133 cm³/mol. The van der Waals surface area contributed by atoms with E-state index >= 15 is 0 Å². The van der Waals surface area contributed by atoms with Gasteiger partial charge in [-0.3, -0.25) is 9.80 Å². The first-order chi connectivity index (χ1) is 13.7. The summed E-state index contributed by atoms with van der Waals surface area (Å²) >= 11 is 11.3. The van der Waals surface area contributed by atoms with Crippen molar-refractivity contribution in [1.82, 2.24) is 5.06 Å². The summed E-state index contributed by atoms with van der Waals surface area (Å²) in [5, 5.41) is 26.8. The van der Waals surface area contributed by atoms with Gasteiger partial charge in [0.1, 0.15) is 11.1 Å². The highest BCUT2D eigenvalue weighted by Crippen LogP contribution is 2.65. The molecule has 0 unspecified atom stereocenters. The van der Waals surface area contributed by atoms with Gasteiger partial charge in [-0.2, -0.15) is 0 Å². The monoisotopic (exact) mass is 499 g/mol. The highest BCUT2D eigenvalue weighted by atomic mass is 32.3. The lowest BCUT2D eigenvalue weighted by Gasteiger charge is -2.39. The summed E-state index contributed by atoms with van der Waals surface area (Å²) in [7, 11) is 0. The van der Waals surface area contributed by atoms with Crippen molar-refractivity contribution in [2.45, 2.75) is 48.6 Å². The van der Waals surface area contributed by atoms with E-state index in [1.807, 2.05) is 92.9 Å². The zero-order valence-electron chi connectivity index (χ0n) is 16.3.